The highest BCUT2D eigenvalue weighted by Gasteiger charge is 2.40. The molecular formula is C51H34N8. The van der Waals surface area contributed by atoms with Gasteiger partial charge in [-0.25, -0.2) is 19.9 Å². The van der Waals surface area contributed by atoms with Crippen molar-refractivity contribution in [3.63, 3.8) is 0 Å². The van der Waals surface area contributed by atoms with Crippen molar-refractivity contribution in [2.45, 2.75) is 19.3 Å². The van der Waals surface area contributed by atoms with Crippen molar-refractivity contribution in [2.24, 2.45) is 0 Å². The van der Waals surface area contributed by atoms with E-state index in [1.54, 1.807) is 6.33 Å². The maximum atomic E-state index is 5.26. The van der Waals surface area contributed by atoms with Crippen molar-refractivity contribution < 1.29 is 0 Å². The van der Waals surface area contributed by atoms with Crippen LogP contribution in [0.5, 0.6) is 0 Å². The summed E-state index contributed by atoms with van der Waals surface area (Å²) in [6, 6.07) is 58.2. The molecule has 0 aliphatic heterocycles. The van der Waals surface area contributed by atoms with Gasteiger partial charge in [0.1, 0.15) is 12.1 Å². The second kappa shape index (κ2) is 11.6. The highest BCUT2D eigenvalue weighted by atomic mass is 15.2. The minimum atomic E-state index is -0.305. The van der Waals surface area contributed by atoms with Crippen LogP contribution in [0, 0.1) is 0 Å². The fourth-order valence-corrected chi connectivity index (χ4v) is 9.75. The van der Waals surface area contributed by atoms with Crippen molar-refractivity contribution in [1.29, 1.82) is 0 Å². The van der Waals surface area contributed by atoms with E-state index < -0.39 is 0 Å². The van der Waals surface area contributed by atoms with E-state index in [4.69, 9.17) is 19.9 Å². The molecule has 13 rings (SSSR count). The first kappa shape index (κ1) is 32.3. The summed E-state index contributed by atoms with van der Waals surface area (Å²) >= 11 is 0. The second-order valence-corrected chi connectivity index (χ2v) is 16.1. The SMILES string of the molecule is CC1(C)c2ccccc2-c2ncnc(-n3c4ccc(-c5ccc6c(c5)n5c7ccccc7nc5n6-c5ccc(-c6ccccc6)cc5)cc4n4c5ccccc5nc34)c21. The van der Waals surface area contributed by atoms with Gasteiger partial charge in [0.25, 0.3) is 0 Å². The van der Waals surface area contributed by atoms with E-state index in [0.717, 1.165) is 95.1 Å². The third-order valence-corrected chi connectivity index (χ3v) is 12.5. The fourth-order valence-electron chi connectivity index (χ4n) is 9.75. The quantitative estimate of drug-likeness (QED) is 0.179. The Balaban J connectivity index is 1.03. The average Bonchev–Trinajstić information content (AvgIpc) is 4.06. The summed E-state index contributed by atoms with van der Waals surface area (Å²) in [5.74, 6) is 2.56. The first-order valence-electron chi connectivity index (χ1n) is 20.0. The fraction of sp³-hybridized carbons (Fsp3) is 0.0588. The molecule has 0 bridgehead atoms. The van der Waals surface area contributed by atoms with Crippen LogP contribution < -0.4 is 0 Å². The molecule has 0 amide bonds. The largest absolute Gasteiger partial charge is 0.278 e. The summed E-state index contributed by atoms with van der Waals surface area (Å²) in [5, 5.41) is 0. The molecule has 8 heteroatoms. The van der Waals surface area contributed by atoms with Gasteiger partial charge in [0, 0.05) is 22.2 Å². The van der Waals surface area contributed by atoms with E-state index >= 15 is 0 Å². The predicted molar refractivity (Wildman–Crippen MR) is 237 cm³/mol. The Morgan fingerprint density at radius 2 is 0.983 bits per heavy atom. The molecular weight excluding hydrogens is 725 g/mol. The van der Waals surface area contributed by atoms with Crippen LogP contribution in [-0.2, 0) is 5.41 Å². The molecule has 0 radical (unpaired) electrons. The van der Waals surface area contributed by atoms with Gasteiger partial charge in [0.15, 0.2) is 0 Å². The third kappa shape index (κ3) is 4.37. The lowest BCUT2D eigenvalue weighted by molar-refractivity contribution is 0.649. The van der Waals surface area contributed by atoms with Gasteiger partial charge in [-0.15, -0.1) is 0 Å². The molecule has 0 unspecified atom stereocenters. The van der Waals surface area contributed by atoms with E-state index in [2.05, 4.69) is 196 Å². The van der Waals surface area contributed by atoms with Gasteiger partial charge in [-0.3, -0.25) is 17.9 Å². The Kier molecular flexibility index (Phi) is 6.35. The number of imidazole rings is 4. The maximum Gasteiger partial charge on any atom is 0.221 e. The summed E-state index contributed by atoms with van der Waals surface area (Å²) in [6.45, 7) is 4.55. The van der Waals surface area contributed by atoms with Gasteiger partial charge in [-0.05, 0) is 88.5 Å². The minimum Gasteiger partial charge on any atom is -0.278 e. The molecule has 12 aromatic rings. The molecule has 1 aliphatic rings. The molecule has 0 spiro atoms. The number of para-hydroxylation sites is 4. The zero-order valence-electron chi connectivity index (χ0n) is 32.2. The summed E-state index contributed by atoms with van der Waals surface area (Å²) in [6.07, 6.45) is 1.70. The Hall–Kier alpha value is -7.84. The number of hydrogen-bond acceptors (Lipinski definition) is 4. The predicted octanol–water partition coefficient (Wildman–Crippen LogP) is 11.6. The number of fused-ring (bicyclic) bond motifs is 13. The van der Waals surface area contributed by atoms with Gasteiger partial charge < -0.3 is 0 Å². The summed E-state index contributed by atoms with van der Waals surface area (Å²) < 4.78 is 9.10. The molecule has 0 N–H and O–H groups in total. The van der Waals surface area contributed by atoms with Gasteiger partial charge >= 0.3 is 0 Å². The highest BCUT2D eigenvalue weighted by molar-refractivity contribution is 5.97. The van der Waals surface area contributed by atoms with Crippen LogP contribution in [0.2, 0.25) is 0 Å². The monoisotopic (exact) mass is 758 g/mol. The molecule has 0 saturated heterocycles. The number of aromatic nitrogens is 8. The third-order valence-electron chi connectivity index (χ3n) is 12.5. The molecule has 1 aliphatic carbocycles. The van der Waals surface area contributed by atoms with E-state index in [0.29, 0.717) is 0 Å². The molecule has 0 atom stereocenters. The lowest BCUT2D eigenvalue weighted by atomic mass is 9.82. The van der Waals surface area contributed by atoms with Crippen LogP contribution in [0.1, 0.15) is 25.0 Å². The van der Waals surface area contributed by atoms with E-state index in [9.17, 15) is 0 Å². The van der Waals surface area contributed by atoms with Crippen molar-refractivity contribution >= 4 is 55.7 Å². The minimum absolute atomic E-state index is 0.305. The van der Waals surface area contributed by atoms with E-state index in [-0.39, 0.29) is 5.41 Å². The molecule has 59 heavy (non-hydrogen) atoms. The molecule has 0 saturated carbocycles. The Labute approximate surface area is 337 Å². The lowest BCUT2D eigenvalue weighted by Gasteiger charge is -2.23. The number of hydrogen-bond donors (Lipinski definition) is 0. The van der Waals surface area contributed by atoms with Crippen molar-refractivity contribution in [3.05, 3.63) is 181 Å². The highest BCUT2D eigenvalue weighted by Crippen LogP contribution is 2.50. The second-order valence-electron chi connectivity index (χ2n) is 16.1. The van der Waals surface area contributed by atoms with Crippen LogP contribution >= 0.6 is 0 Å². The number of rotatable bonds is 4. The van der Waals surface area contributed by atoms with Crippen LogP contribution in [0.25, 0.3) is 101 Å². The van der Waals surface area contributed by atoms with Gasteiger partial charge in [-0.2, -0.15) is 0 Å². The van der Waals surface area contributed by atoms with Gasteiger partial charge in [0.2, 0.25) is 11.6 Å². The molecule has 5 aromatic heterocycles. The average molecular weight is 759 g/mol. The summed E-state index contributed by atoms with van der Waals surface area (Å²) in [5.41, 5.74) is 18.1. The van der Waals surface area contributed by atoms with Crippen molar-refractivity contribution in [2.75, 3.05) is 0 Å². The van der Waals surface area contributed by atoms with Crippen molar-refractivity contribution in [1.82, 2.24) is 37.9 Å². The molecule has 8 nitrogen and oxygen atoms in total. The number of nitrogens with zero attached hydrogens (tertiary/aromatic N) is 8. The van der Waals surface area contributed by atoms with E-state index in [1.165, 1.54) is 16.7 Å². The smallest absolute Gasteiger partial charge is 0.221 e. The molecule has 0 fully saturated rings. The molecule has 278 valence electrons. The van der Waals surface area contributed by atoms with E-state index in [1.807, 2.05) is 0 Å². The normalized spacial score (nSPS) is 13.4. The van der Waals surface area contributed by atoms with Crippen LogP contribution in [0.4, 0.5) is 0 Å². The van der Waals surface area contributed by atoms with Crippen LogP contribution in [-0.4, -0.2) is 37.9 Å². The molecule has 7 aromatic carbocycles. The first-order valence-corrected chi connectivity index (χ1v) is 20.0. The maximum absolute atomic E-state index is 5.26. The lowest BCUT2D eigenvalue weighted by Crippen LogP contribution is -2.19. The molecule has 5 heterocycles. The first-order chi connectivity index (χ1) is 29.0. The van der Waals surface area contributed by atoms with Gasteiger partial charge in [0.05, 0.1) is 49.8 Å². The summed E-state index contributed by atoms with van der Waals surface area (Å²) in [4.78, 5) is 20.4. The topological polar surface area (TPSA) is 70.2 Å². The Bertz CT molecular complexity index is 3690. The summed E-state index contributed by atoms with van der Waals surface area (Å²) in [7, 11) is 0. The standard InChI is InChI=1S/C51H34N8/c1-51(2)37-15-7-6-14-36(37)47-46(51)48(53-30-52-47)59-43-27-23-34(29-45(43)58-41-19-11-9-17-39(41)55-50(58)59)33-22-26-42-44(28-33)57-40-18-10-8-16-38(40)54-49(57)56(42)35-24-20-32(21-25-35)31-12-4-3-5-13-31/h3-30H,1-2H3. The van der Waals surface area contributed by atoms with Crippen LogP contribution in [0.3, 0.4) is 0 Å². The van der Waals surface area contributed by atoms with Gasteiger partial charge in [-0.1, -0.05) is 117 Å². The Morgan fingerprint density at radius 3 is 1.66 bits per heavy atom. The number of benzene rings is 7. The van der Waals surface area contributed by atoms with Crippen LogP contribution in [0.15, 0.2) is 170 Å². The van der Waals surface area contributed by atoms with Crippen molar-refractivity contribution in [3.8, 4) is 45.0 Å². The zero-order chi connectivity index (χ0) is 39.0. The zero-order valence-corrected chi connectivity index (χ0v) is 32.2. The Morgan fingerprint density at radius 1 is 0.441 bits per heavy atom.